The van der Waals surface area contributed by atoms with Gasteiger partial charge in [0.25, 0.3) is 11.7 Å². The fourth-order valence-corrected chi connectivity index (χ4v) is 3.42. The highest BCUT2D eigenvalue weighted by molar-refractivity contribution is 6.04. The fraction of sp³-hybridized carbons (Fsp3) is 0.0800. The molecule has 0 saturated heterocycles. The minimum Gasteiger partial charge on any atom is -0.340 e. The Labute approximate surface area is 190 Å². The molecule has 0 spiro atoms. The molecule has 5 rings (SSSR count). The zero-order valence-corrected chi connectivity index (χ0v) is 18.1. The summed E-state index contributed by atoms with van der Waals surface area (Å²) < 4.78 is 1.65. The Morgan fingerprint density at radius 2 is 1.76 bits per heavy atom. The van der Waals surface area contributed by atoms with Gasteiger partial charge in [-0.2, -0.15) is 9.50 Å². The van der Waals surface area contributed by atoms with Crippen LogP contribution in [0, 0.1) is 13.8 Å². The Morgan fingerprint density at radius 3 is 2.55 bits per heavy atom. The number of nitrogens with one attached hydrogen (secondary N) is 2. The number of carbonyl (C=O) groups is 1. The van der Waals surface area contributed by atoms with E-state index in [4.69, 9.17) is 0 Å². The zero-order chi connectivity index (χ0) is 22.8. The lowest BCUT2D eigenvalue weighted by atomic mass is 10.1. The van der Waals surface area contributed by atoms with Crippen LogP contribution in [0.1, 0.15) is 21.6 Å². The van der Waals surface area contributed by atoms with Crippen molar-refractivity contribution in [3.63, 3.8) is 0 Å². The monoisotopic (exact) mass is 435 g/mol. The summed E-state index contributed by atoms with van der Waals surface area (Å²) in [5.74, 6) is 1.52. The number of amides is 1. The average Bonchev–Trinajstić information content (AvgIpc) is 3.26. The third-order valence-corrected chi connectivity index (χ3v) is 5.07. The second-order valence-electron chi connectivity index (χ2n) is 7.70. The number of aryl methyl sites for hydroxylation is 2. The standard InChI is InChI=1S/C25H21N7O/c1-16-8-10-20(11-9-16)29-24(33)18-5-3-7-21(14-18)28-22-13-17(2)27-25-30-23(31-32(22)25)19-6-4-12-26-15-19/h3-15,28H,1-2H3,(H,29,33). The molecule has 0 saturated carbocycles. The van der Waals surface area contributed by atoms with Gasteiger partial charge in [-0.1, -0.05) is 23.8 Å². The topological polar surface area (TPSA) is 97.1 Å². The molecule has 0 aliphatic heterocycles. The molecule has 8 nitrogen and oxygen atoms in total. The Kier molecular flexibility index (Phi) is 5.24. The third-order valence-electron chi connectivity index (χ3n) is 5.07. The van der Waals surface area contributed by atoms with E-state index in [0.29, 0.717) is 23.0 Å². The van der Waals surface area contributed by atoms with Crippen molar-refractivity contribution in [2.45, 2.75) is 13.8 Å². The van der Waals surface area contributed by atoms with Crippen molar-refractivity contribution in [2.75, 3.05) is 10.6 Å². The smallest absolute Gasteiger partial charge is 0.255 e. The fourth-order valence-electron chi connectivity index (χ4n) is 3.42. The number of carbonyl (C=O) groups excluding carboxylic acids is 1. The molecule has 0 aliphatic rings. The third kappa shape index (κ3) is 4.40. The molecule has 0 unspecified atom stereocenters. The maximum Gasteiger partial charge on any atom is 0.255 e. The zero-order valence-electron chi connectivity index (χ0n) is 18.1. The van der Waals surface area contributed by atoms with Crippen LogP contribution in [0.25, 0.3) is 17.2 Å². The van der Waals surface area contributed by atoms with Crippen LogP contribution >= 0.6 is 0 Å². The Hall–Kier alpha value is -4.59. The highest BCUT2D eigenvalue weighted by Crippen LogP contribution is 2.22. The molecular formula is C25H21N7O. The van der Waals surface area contributed by atoms with Gasteiger partial charge in [-0.05, 0) is 56.3 Å². The van der Waals surface area contributed by atoms with Crippen LogP contribution in [0.3, 0.4) is 0 Å². The summed E-state index contributed by atoms with van der Waals surface area (Å²) in [6.07, 6.45) is 3.42. The average molecular weight is 435 g/mol. The normalized spacial score (nSPS) is 10.8. The van der Waals surface area contributed by atoms with E-state index in [1.807, 2.05) is 68.4 Å². The number of rotatable bonds is 5. The van der Waals surface area contributed by atoms with Crippen molar-refractivity contribution < 1.29 is 4.79 Å². The van der Waals surface area contributed by atoms with Gasteiger partial charge < -0.3 is 10.6 Å². The summed E-state index contributed by atoms with van der Waals surface area (Å²) in [5.41, 5.74) is 4.78. The Morgan fingerprint density at radius 1 is 0.909 bits per heavy atom. The summed E-state index contributed by atoms with van der Waals surface area (Å²) >= 11 is 0. The van der Waals surface area contributed by atoms with E-state index in [0.717, 1.165) is 28.2 Å². The van der Waals surface area contributed by atoms with E-state index in [-0.39, 0.29) is 5.91 Å². The summed E-state index contributed by atoms with van der Waals surface area (Å²) in [5, 5.41) is 10.9. The van der Waals surface area contributed by atoms with E-state index in [9.17, 15) is 4.79 Å². The van der Waals surface area contributed by atoms with Gasteiger partial charge in [0, 0.05) is 46.7 Å². The first-order chi connectivity index (χ1) is 16.0. The molecule has 0 atom stereocenters. The predicted molar refractivity (Wildman–Crippen MR) is 128 cm³/mol. The molecular weight excluding hydrogens is 414 g/mol. The van der Waals surface area contributed by atoms with Crippen molar-refractivity contribution >= 4 is 28.9 Å². The first-order valence-electron chi connectivity index (χ1n) is 10.4. The van der Waals surface area contributed by atoms with Crippen molar-refractivity contribution in [2.24, 2.45) is 0 Å². The maximum atomic E-state index is 12.7. The summed E-state index contributed by atoms with van der Waals surface area (Å²) in [4.78, 5) is 25.9. The van der Waals surface area contributed by atoms with Crippen LogP contribution in [0.15, 0.2) is 79.1 Å². The van der Waals surface area contributed by atoms with Crippen LogP contribution in [-0.2, 0) is 0 Å². The first-order valence-corrected chi connectivity index (χ1v) is 10.4. The highest BCUT2D eigenvalue weighted by atomic mass is 16.1. The van der Waals surface area contributed by atoms with Crippen molar-refractivity contribution in [1.29, 1.82) is 0 Å². The number of hydrogen-bond donors (Lipinski definition) is 2. The van der Waals surface area contributed by atoms with E-state index in [2.05, 4.69) is 30.7 Å². The quantitative estimate of drug-likeness (QED) is 0.412. The number of hydrogen-bond acceptors (Lipinski definition) is 6. The van der Waals surface area contributed by atoms with E-state index >= 15 is 0 Å². The van der Waals surface area contributed by atoms with Crippen LogP contribution in [0.4, 0.5) is 17.2 Å². The Balaban J connectivity index is 1.43. The molecule has 1 amide bonds. The van der Waals surface area contributed by atoms with Crippen molar-refractivity contribution in [3.05, 3.63) is 95.9 Å². The van der Waals surface area contributed by atoms with Crippen LogP contribution < -0.4 is 10.6 Å². The molecule has 2 N–H and O–H groups in total. The van der Waals surface area contributed by atoms with E-state index in [1.54, 1.807) is 29.0 Å². The highest BCUT2D eigenvalue weighted by Gasteiger charge is 2.13. The molecule has 3 heterocycles. The van der Waals surface area contributed by atoms with Gasteiger partial charge in [0.2, 0.25) is 0 Å². The molecule has 0 radical (unpaired) electrons. The minimum atomic E-state index is -0.182. The number of aromatic nitrogens is 5. The van der Waals surface area contributed by atoms with Crippen LogP contribution in [0.5, 0.6) is 0 Å². The number of anilines is 3. The van der Waals surface area contributed by atoms with Gasteiger partial charge >= 0.3 is 0 Å². The molecule has 3 aromatic heterocycles. The van der Waals surface area contributed by atoms with Crippen LogP contribution in [-0.4, -0.2) is 30.5 Å². The predicted octanol–water partition coefficient (Wildman–Crippen LogP) is 4.80. The minimum absolute atomic E-state index is 0.182. The number of benzene rings is 2. The van der Waals surface area contributed by atoms with E-state index < -0.39 is 0 Å². The van der Waals surface area contributed by atoms with Crippen molar-refractivity contribution in [3.8, 4) is 11.4 Å². The van der Waals surface area contributed by atoms with Gasteiger partial charge in [-0.3, -0.25) is 9.78 Å². The van der Waals surface area contributed by atoms with Gasteiger partial charge in [-0.15, -0.1) is 5.10 Å². The summed E-state index contributed by atoms with van der Waals surface area (Å²) in [7, 11) is 0. The summed E-state index contributed by atoms with van der Waals surface area (Å²) in [6.45, 7) is 3.91. The lowest BCUT2D eigenvalue weighted by Crippen LogP contribution is -2.12. The van der Waals surface area contributed by atoms with E-state index in [1.165, 1.54) is 0 Å². The number of nitrogens with zero attached hydrogens (tertiary/aromatic N) is 5. The molecule has 0 bridgehead atoms. The van der Waals surface area contributed by atoms with Gasteiger partial charge in [-0.25, -0.2) is 4.98 Å². The van der Waals surface area contributed by atoms with Gasteiger partial charge in [0.15, 0.2) is 5.82 Å². The Bertz CT molecular complexity index is 1440. The second kappa shape index (κ2) is 8.51. The molecule has 0 aliphatic carbocycles. The molecule has 162 valence electrons. The molecule has 33 heavy (non-hydrogen) atoms. The number of fused-ring (bicyclic) bond motifs is 1. The molecule has 0 fully saturated rings. The maximum absolute atomic E-state index is 12.7. The first kappa shape index (κ1) is 20.3. The number of pyridine rings is 1. The lowest BCUT2D eigenvalue weighted by molar-refractivity contribution is 0.102. The van der Waals surface area contributed by atoms with Gasteiger partial charge in [0.1, 0.15) is 5.82 Å². The SMILES string of the molecule is Cc1ccc(NC(=O)c2cccc(Nc3cc(C)nc4nc(-c5cccnc5)nn34)c2)cc1. The summed E-state index contributed by atoms with van der Waals surface area (Å²) in [6, 6.07) is 20.6. The lowest BCUT2D eigenvalue weighted by Gasteiger charge is -2.11. The second-order valence-corrected chi connectivity index (χ2v) is 7.70. The van der Waals surface area contributed by atoms with Crippen molar-refractivity contribution in [1.82, 2.24) is 24.6 Å². The van der Waals surface area contributed by atoms with Gasteiger partial charge in [0.05, 0.1) is 0 Å². The molecule has 2 aromatic carbocycles. The van der Waals surface area contributed by atoms with Crippen LogP contribution in [0.2, 0.25) is 0 Å². The largest absolute Gasteiger partial charge is 0.340 e. The molecule has 8 heteroatoms. The molecule has 5 aromatic rings.